The molecule has 0 spiro atoms. The molecule has 5 nitrogen and oxygen atoms in total. The number of nitrogens with one attached hydrogen (secondary N) is 1. The highest BCUT2D eigenvalue weighted by Crippen LogP contribution is 2.04. The van der Waals surface area contributed by atoms with Gasteiger partial charge in [-0.2, -0.15) is 0 Å². The standard InChI is InChI=1S/C14H18N2O3/c1-2-10-16(11-12-6-4-3-5-7-12)14(19)15-9-8-13(17)18/h2-7H,1,8-11H2,(H,15,19)(H,17,18). The number of nitrogens with zero attached hydrogens (tertiary/aromatic N) is 1. The first-order valence-electron chi connectivity index (χ1n) is 6.03. The van der Waals surface area contributed by atoms with Gasteiger partial charge >= 0.3 is 12.0 Å². The van der Waals surface area contributed by atoms with Gasteiger partial charge in [-0.25, -0.2) is 4.79 Å². The first kappa shape index (κ1) is 14.8. The van der Waals surface area contributed by atoms with E-state index < -0.39 is 5.97 Å². The summed E-state index contributed by atoms with van der Waals surface area (Å²) in [5.41, 5.74) is 1.01. The number of hydrogen-bond donors (Lipinski definition) is 2. The van der Waals surface area contributed by atoms with Gasteiger partial charge < -0.3 is 15.3 Å². The number of carboxylic acids is 1. The molecule has 1 aromatic carbocycles. The van der Waals surface area contributed by atoms with Crippen molar-refractivity contribution in [3.05, 3.63) is 48.6 Å². The predicted molar refractivity (Wildman–Crippen MR) is 72.7 cm³/mol. The van der Waals surface area contributed by atoms with Crippen molar-refractivity contribution in [2.45, 2.75) is 13.0 Å². The molecule has 0 atom stereocenters. The number of hydrogen-bond acceptors (Lipinski definition) is 2. The van der Waals surface area contributed by atoms with Crippen LogP contribution in [0.5, 0.6) is 0 Å². The molecule has 0 aliphatic heterocycles. The lowest BCUT2D eigenvalue weighted by molar-refractivity contribution is -0.136. The maximum atomic E-state index is 11.9. The summed E-state index contributed by atoms with van der Waals surface area (Å²) in [6.45, 7) is 4.61. The van der Waals surface area contributed by atoms with Gasteiger partial charge in [0.25, 0.3) is 0 Å². The van der Waals surface area contributed by atoms with Crippen LogP contribution in [0.4, 0.5) is 4.79 Å². The van der Waals surface area contributed by atoms with E-state index in [0.29, 0.717) is 13.1 Å². The van der Waals surface area contributed by atoms with E-state index in [4.69, 9.17) is 5.11 Å². The van der Waals surface area contributed by atoms with E-state index in [-0.39, 0.29) is 19.0 Å². The van der Waals surface area contributed by atoms with Crippen molar-refractivity contribution < 1.29 is 14.7 Å². The fraction of sp³-hybridized carbons (Fsp3) is 0.286. The third-order valence-corrected chi connectivity index (χ3v) is 2.47. The summed E-state index contributed by atoms with van der Waals surface area (Å²) in [5, 5.41) is 11.1. The Morgan fingerprint density at radius 3 is 2.58 bits per heavy atom. The minimum absolute atomic E-state index is 0.0843. The lowest BCUT2D eigenvalue weighted by atomic mass is 10.2. The van der Waals surface area contributed by atoms with Gasteiger partial charge in [0, 0.05) is 19.6 Å². The Balaban J connectivity index is 2.53. The van der Waals surface area contributed by atoms with Gasteiger partial charge in [0.2, 0.25) is 0 Å². The quantitative estimate of drug-likeness (QED) is 0.737. The zero-order chi connectivity index (χ0) is 14.1. The molecule has 2 amide bonds. The summed E-state index contributed by atoms with van der Waals surface area (Å²) >= 11 is 0. The third-order valence-electron chi connectivity index (χ3n) is 2.47. The Hall–Kier alpha value is -2.30. The van der Waals surface area contributed by atoms with Gasteiger partial charge in [0.1, 0.15) is 0 Å². The maximum absolute atomic E-state index is 11.9. The second-order valence-corrected chi connectivity index (χ2v) is 4.03. The van der Waals surface area contributed by atoms with E-state index in [2.05, 4.69) is 11.9 Å². The molecule has 1 aromatic rings. The summed E-state index contributed by atoms with van der Waals surface area (Å²) in [7, 11) is 0. The Bertz CT molecular complexity index is 432. The monoisotopic (exact) mass is 262 g/mol. The molecule has 0 bridgehead atoms. The highest BCUT2D eigenvalue weighted by molar-refractivity contribution is 5.75. The highest BCUT2D eigenvalue weighted by atomic mass is 16.4. The molecule has 0 heterocycles. The van der Waals surface area contributed by atoms with E-state index in [9.17, 15) is 9.59 Å². The van der Waals surface area contributed by atoms with E-state index in [1.54, 1.807) is 11.0 Å². The van der Waals surface area contributed by atoms with Crippen molar-refractivity contribution >= 4 is 12.0 Å². The first-order valence-corrected chi connectivity index (χ1v) is 6.03. The van der Waals surface area contributed by atoms with Crippen molar-refractivity contribution in [2.24, 2.45) is 0 Å². The van der Waals surface area contributed by atoms with Gasteiger partial charge in [-0.15, -0.1) is 6.58 Å². The normalized spacial score (nSPS) is 9.68. The van der Waals surface area contributed by atoms with Crippen LogP contribution in [0.25, 0.3) is 0 Å². The SMILES string of the molecule is C=CCN(Cc1ccccc1)C(=O)NCCC(=O)O. The minimum atomic E-state index is -0.932. The largest absolute Gasteiger partial charge is 0.481 e. The molecule has 0 aromatic heterocycles. The van der Waals surface area contributed by atoms with Gasteiger partial charge in [0.05, 0.1) is 6.42 Å². The van der Waals surface area contributed by atoms with E-state index in [0.717, 1.165) is 5.56 Å². The van der Waals surface area contributed by atoms with E-state index in [1.165, 1.54) is 0 Å². The smallest absolute Gasteiger partial charge is 0.317 e. The first-order chi connectivity index (χ1) is 9.13. The number of urea groups is 1. The number of aliphatic carboxylic acids is 1. The van der Waals surface area contributed by atoms with Gasteiger partial charge in [-0.05, 0) is 5.56 Å². The minimum Gasteiger partial charge on any atom is -0.481 e. The number of carbonyl (C=O) groups is 2. The molecule has 2 N–H and O–H groups in total. The van der Waals surface area contributed by atoms with Crippen LogP contribution in [0.2, 0.25) is 0 Å². The zero-order valence-corrected chi connectivity index (χ0v) is 10.7. The average Bonchev–Trinajstić information content (AvgIpc) is 2.39. The summed E-state index contributed by atoms with van der Waals surface area (Å²) in [5.74, 6) is -0.932. The number of benzene rings is 1. The molecular formula is C14H18N2O3. The Labute approximate surface area is 112 Å². The van der Waals surface area contributed by atoms with Crippen molar-refractivity contribution in [3.8, 4) is 0 Å². The Morgan fingerprint density at radius 2 is 2.00 bits per heavy atom. The molecule has 19 heavy (non-hydrogen) atoms. The van der Waals surface area contributed by atoms with Crippen LogP contribution in [0.1, 0.15) is 12.0 Å². The number of carboxylic acid groups (broad SMARTS) is 1. The summed E-state index contributed by atoms with van der Waals surface area (Å²) in [6, 6.07) is 9.30. The zero-order valence-electron chi connectivity index (χ0n) is 10.7. The maximum Gasteiger partial charge on any atom is 0.317 e. The molecule has 0 saturated carbocycles. The molecule has 0 aliphatic rings. The van der Waals surface area contributed by atoms with Gasteiger partial charge in [0.15, 0.2) is 0 Å². The fourth-order valence-corrected chi connectivity index (χ4v) is 1.57. The van der Waals surface area contributed by atoms with E-state index in [1.807, 2.05) is 30.3 Å². The second kappa shape index (κ2) is 7.92. The van der Waals surface area contributed by atoms with E-state index >= 15 is 0 Å². The molecule has 0 saturated heterocycles. The predicted octanol–water partition coefficient (Wildman–Crippen LogP) is 1.86. The second-order valence-electron chi connectivity index (χ2n) is 4.03. The van der Waals surface area contributed by atoms with Crippen LogP contribution >= 0.6 is 0 Å². The van der Waals surface area contributed by atoms with Crippen LogP contribution in [-0.4, -0.2) is 35.1 Å². The summed E-state index contributed by atoms with van der Waals surface area (Å²) in [6.07, 6.45) is 1.55. The fourth-order valence-electron chi connectivity index (χ4n) is 1.57. The molecule has 1 rings (SSSR count). The van der Waals surface area contributed by atoms with Crippen molar-refractivity contribution in [1.29, 1.82) is 0 Å². The Kier molecular flexibility index (Phi) is 6.15. The van der Waals surface area contributed by atoms with Crippen molar-refractivity contribution in [1.82, 2.24) is 10.2 Å². The number of carbonyl (C=O) groups excluding carboxylic acids is 1. The topological polar surface area (TPSA) is 69.6 Å². The van der Waals surface area contributed by atoms with Crippen LogP contribution in [-0.2, 0) is 11.3 Å². The highest BCUT2D eigenvalue weighted by Gasteiger charge is 2.12. The molecule has 0 fully saturated rings. The molecule has 102 valence electrons. The average molecular weight is 262 g/mol. The van der Waals surface area contributed by atoms with Crippen LogP contribution in [0.3, 0.4) is 0 Å². The summed E-state index contributed by atoms with van der Waals surface area (Å²) in [4.78, 5) is 23.9. The summed E-state index contributed by atoms with van der Waals surface area (Å²) < 4.78 is 0. The van der Waals surface area contributed by atoms with Crippen LogP contribution < -0.4 is 5.32 Å². The molecule has 0 radical (unpaired) electrons. The number of rotatable bonds is 7. The number of amides is 2. The lowest BCUT2D eigenvalue weighted by Gasteiger charge is -2.21. The molecular weight excluding hydrogens is 244 g/mol. The third kappa shape index (κ3) is 5.72. The lowest BCUT2D eigenvalue weighted by Crippen LogP contribution is -2.40. The van der Waals surface area contributed by atoms with Crippen LogP contribution in [0, 0.1) is 0 Å². The molecule has 0 unspecified atom stereocenters. The van der Waals surface area contributed by atoms with Crippen molar-refractivity contribution in [3.63, 3.8) is 0 Å². The van der Waals surface area contributed by atoms with Crippen molar-refractivity contribution in [2.75, 3.05) is 13.1 Å². The Morgan fingerprint density at radius 1 is 1.32 bits per heavy atom. The van der Waals surface area contributed by atoms with Crippen LogP contribution in [0.15, 0.2) is 43.0 Å². The van der Waals surface area contributed by atoms with Gasteiger partial charge in [-0.3, -0.25) is 4.79 Å². The molecule has 5 heteroatoms. The van der Waals surface area contributed by atoms with Gasteiger partial charge in [-0.1, -0.05) is 36.4 Å². The molecule has 0 aliphatic carbocycles.